The van der Waals surface area contributed by atoms with Crippen LogP contribution in [0.15, 0.2) is 0 Å². The molecule has 0 aromatic carbocycles. The van der Waals surface area contributed by atoms with Crippen molar-refractivity contribution in [3.05, 3.63) is 0 Å². The van der Waals surface area contributed by atoms with Gasteiger partial charge in [-0.3, -0.25) is 4.79 Å². The average molecular weight is 153 g/mol. The Kier molecular flexibility index (Phi) is 4.29. The van der Waals surface area contributed by atoms with E-state index in [1.54, 1.807) is 0 Å². The van der Waals surface area contributed by atoms with Crippen molar-refractivity contribution in [2.24, 2.45) is 0 Å². The van der Waals surface area contributed by atoms with E-state index >= 15 is 0 Å². The third-order valence-electron chi connectivity index (χ3n) is 0.538. The summed E-state index contributed by atoms with van der Waals surface area (Å²) in [4.78, 5) is 10.2. The van der Waals surface area contributed by atoms with Gasteiger partial charge >= 0.3 is 14.6 Å². The summed E-state index contributed by atoms with van der Waals surface area (Å²) in [5.41, 5.74) is 0. The van der Waals surface area contributed by atoms with Crippen LogP contribution < -0.4 is 0 Å². The Labute approximate surface area is 57.8 Å². The van der Waals surface area contributed by atoms with Crippen LogP contribution in [0.2, 0.25) is 0 Å². The van der Waals surface area contributed by atoms with Crippen LogP contribution in [0.4, 0.5) is 0 Å². The molecule has 0 fully saturated rings. The molecule has 0 amide bonds. The lowest BCUT2D eigenvalue weighted by atomic mass is 10.4. The molecule has 0 bridgehead atoms. The molecule has 0 rings (SSSR count). The van der Waals surface area contributed by atoms with E-state index in [0.29, 0.717) is 0 Å². The summed E-state index contributed by atoms with van der Waals surface area (Å²) in [5.74, 6) is -0.633. The first kappa shape index (κ1) is 8.25. The summed E-state index contributed by atoms with van der Waals surface area (Å²) in [5, 5.41) is 8.44. The Morgan fingerprint density at radius 1 is 2.00 bits per heavy atom. The van der Waals surface area contributed by atoms with Gasteiger partial charge in [-0.15, -0.1) is 0 Å². The van der Waals surface area contributed by atoms with Crippen molar-refractivity contribution in [3.8, 4) is 0 Å². The molecule has 0 aromatic rings. The molecule has 0 heterocycles. The largest absolute Gasteiger partial charge is 0.656 e. The molecule has 0 saturated heterocycles. The first-order chi connectivity index (χ1) is 3.68. The monoisotopic (exact) mass is 152 g/mol. The first-order valence-corrected chi connectivity index (χ1v) is 4.80. The molecule has 46 valence electrons. The fourth-order valence-corrected chi connectivity index (χ4v) is 0.846. The summed E-state index contributed by atoms with van der Waals surface area (Å²) in [7, 11) is 5.13. The predicted molar refractivity (Wildman–Crippen MR) is 30.8 cm³/mol. The van der Waals surface area contributed by atoms with Crippen molar-refractivity contribution >= 4 is 30.7 Å². The fraction of sp³-hybridized carbons (Fsp3) is 0.667. The van der Waals surface area contributed by atoms with Crippen LogP contribution in [-0.4, -0.2) is 31.8 Å². The number of carbonyl (C=O) groups is 1. The van der Waals surface area contributed by atoms with Gasteiger partial charge in [0.25, 0.3) is 5.97 Å². The van der Waals surface area contributed by atoms with Gasteiger partial charge in [0.2, 0.25) is 0 Å². The van der Waals surface area contributed by atoms with E-state index in [-0.39, 0.29) is 0 Å². The van der Waals surface area contributed by atoms with E-state index in [1.807, 2.05) is 0 Å². The van der Waals surface area contributed by atoms with Crippen LogP contribution in [0.5, 0.6) is 0 Å². The maximum Gasteiger partial charge on any atom is 0.656 e. The highest BCUT2D eigenvalue weighted by Crippen LogP contribution is 1.84. The van der Waals surface area contributed by atoms with E-state index in [2.05, 4.69) is 3.79 Å². The second-order valence-electron chi connectivity index (χ2n) is 1.25. The van der Waals surface area contributed by atoms with Crippen LogP contribution in [0, 0.1) is 0 Å². The van der Waals surface area contributed by atoms with Crippen LogP contribution in [0.1, 0.15) is 6.92 Å². The van der Waals surface area contributed by atoms with Crippen LogP contribution in [-0.2, 0) is 8.58 Å². The first-order valence-electron chi connectivity index (χ1n) is 2.09. The zero-order chi connectivity index (χ0) is 6.57. The van der Waals surface area contributed by atoms with E-state index in [1.165, 1.54) is 6.92 Å². The lowest BCUT2D eigenvalue weighted by molar-refractivity contribution is -0.142. The Hall–Kier alpha value is 0.252. The maximum absolute atomic E-state index is 10.2. The number of hydrogen-bond donors (Lipinski definition) is 1. The van der Waals surface area contributed by atoms with Crippen molar-refractivity contribution in [1.82, 2.24) is 0 Å². The summed E-state index contributed by atoms with van der Waals surface area (Å²) in [6, 6.07) is 0. The molecule has 1 unspecified atom stereocenters. The van der Waals surface area contributed by atoms with Crippen molar-refractivity contribution in [3.63, 3.8) is 0 Å². The van der Waals surface area contributed by atoms with Crippen molar-refractivity contribution in [1.29, 1.82) is 0 Å². The highest BCUT2D eigenvalue weighted by molar-refractivity contribution is 6.90. The Balaban J connectivity index is 3.33. The minimum Gasteiger partial charge on any atom is -0.606 e. The van der Waals surface area contributed by atoms with Crippen molar-refractivity contribution < 1.29 is 13.7 Å². The molecule has 0 aromatic heterocycles. The lowest BCUT2D eigenvalue weighted by Crippen LogP contribution is -2.19. The summed E-state index contributed by atoms with van der Waals surface area (Å²) >= 11 is -1.21. The van der Waals surface area contributed by atoms with Crippen molar-refractivity contribution in [2.45, 2.75) is 13.0 Å². The van der Waals surface area contributed by atoms with Gasteiger partial charge in [-0.05, 0) is 6.92 Å². The minimum atomic E-state index is -1.21. The minimum absolute atomic E-state index is 0.633. The molecular weight excluding hydrogens is 146 g/mol. The molecule has 0 aliphatic rings. The highest BCUT2D eigenvalue weighted by atomic mass is 35.6. The molecule has 0 spiro atoms. The van der Waals surface area contributed by atoms with Gasteiger partial charge in [0.05, 0.1) is 0 Å². The van der Waals surface area contributed by atoms with Crippen LogP contribution >= 0.6 is 10.0 Å². The van der Waals surface area contributed by atoms with E-state index in [0.717, 1.165) is 0 Å². The Morgan fingerprint density at radius 3 is 2.62 bits per heavy atom. The van der Waals surface area contributed by atoms with Gasteiger partial charge in [0, 0.05) is 0 Å². The molecule has 0 radical (unpaired) electrons. The van der Waals surface area contributed by atoms with Crippen molar-refractivity contribution in [2.75, 3.05) is 0 Å². The number of aliphatic hydroxyl groups is 1. The highest BCUT2D eigenvalue weighted by Gasteiger charge is 2.08. The molecule has 1 N–H and O–H groups in total. The van der Waals surface area contributed by atoms with E-state index < -0.39 is 26.7 Å². The van der Waals surface area contributed by atoms with Gasteiger partial charge in [-0.25, -0.2) is 10.0 Å². The van der Waals surface area contributed by atoms with Gasteiger partial charge in [-0.1, -0.05) is 0 Å². The molecule has 8 heavy (non-hydrogen) atoms. The summed E-state index contributed by atoms with van der Waals surface area (Å²) in [6.45, 7) is 1.34. The standard InChI is InChI=1S/C3H6O3.Al.ClH.H/c1-2(4)3(5)6;;;/h2,4H,1H3,(H,5,6);;1H;/q;+2;;/p-2. The number of aliphatic hydroxyl groups excluding tert-OH is 1. The molecular formula is C3H6AlClO3. The lowest BCUT2D eigenvalue weighted by Gasteiger charge is -2.01. The normalized spacial score (nSPS) is 12.4. The maximum atomic E-state index is 10.2. The SMILES string of the molecule is CC(O)C(=O)[O][AlH][Cl]. The zero-order valence-electron chi connectivity index (χ0n) is 4.43. The predicted octanol–water partition coefficient (Wildman–Crippen LogP) is -0.584. The third-order valence-corrected chi connectivity index (χ3v) is 1.26. The van der Waals surface area contributed by atoms with Crippen LogP contribution in [0.3, 0.4) is 0 Å². The molecule has 0 aliphatic heterocycles. The third kappa shape index (κ3) is 3.28. The molecule has 0 saturated carbocycles. The Bertz CT molecular complexity index is 84.6. The number of hydrogen-bond acceptors (Lipinski definition) is 3. The topological polar surface area (TPSA) is 46.5 Å². The second-order valence-corrected chi connectivity index (χ2v) is 2.41. The van der Waals surface area contributed by atoms with Gasteiger partial charge in [0.15, 0.2) is 0 Å². The quantitative estimate of drug-likeness (QED) is 0.539. The second kappa shape index (κ2) is 4.16. The molecule has 1 atom stereocenters. The summed E-state index contributed by atoms with van der Waals surface area (Å²) in [6.07, 6.45) is -1.04. The molecule has 5 heteroatoms. The van der Waals surface area contributed by atoms with Crippen LogP contribution in [0.25, 0.3) is 0 Å². The van der Waals surface area contributed by atoms with Gasteiger partial charge in [0.1, 0.15) is 6.10 Å². The van der Waals surface area contributed by atoms with Gasteiger partial charge < -0.3 is 8.90 Å². The fourth-order valence-electron chi connectivity index (χ4n) is 0.174. The average Bonchev–Trinajstić information content (AvgIpc) is 1.67. The van der Waals surface area contributed by atoms with Gasteiger partial charge in [-0.2, -0.15) is 0 Å². The molecule has 0 aliphatic carbocycles. The summed E-state index contributed by atoms with van der Waals surface area (Å²) < 4.78 is 4.32. The smallest absolute Gasteiger partial charge is 0.606 e. The number of rotatable bonds is 2. The number of halogens is 1. The van der Waals surface area contributed by atoms with E-state index in [4.69, 9.17) is 15.2 Å². The zero-order valence-corrected chi connectivity index (χ0v) is 6.60. The molecule has 3 nitrogen and oxygen atoms in total. The number of carbonyl (C=O) groups excluding carboxylic acids is 1. The Morgan fingerprint density at radius 2 is 2.50 bits per heavy atom. The van der Waals surface area contributed by atoms with E-state index in [9.17, 15) is 4.79 Å².